The second-order valence-electron chi connectivity index (χ2n) is 15.9. The molecule has 62 heavy (non-hydrogen) atoms. The maximum atomic E-state index is 14.0. The van der Waals surface area contributed by atoms with E-state index < -0.39 is 84.3 Å². The SMILES string of the molecule is COc1cccc2c1C(=O)c1c(cc3c(c1O)[C@H](O[C@@H]1CC(N)[C@@H](O)[C@@H](C)O1)C[C@@](O)(C(C=O)NNC(=O)COc1ccc(Cn4c(=O)oc5ccc(C)cc54)cc1O)C3)C2=O. The molecule has 0 radical (unpaired) electrons. The number of aromatic hydroxyl groups is 2. The van der Waals surface area contributed by atoms with E-state index >= 15 is 0 Å². The smallest absolute Gasteiger partial charge is 0.420 e. The standard InChI is InChI=1S/C44H44N4O14/c1-20-7-9-29-27(11-20)48(43(56)62-29)17-22-8-10-30(28(50)12-22)59-19-34(51)47-46-33(18-49)44(57)15-23-13-25-38(42(55)37-24(40(25)53)5-4-6-31(37)58-3)41(54)36(23)32(16-44)61-35-14-26(45)39(52)21(2)60-35/h4-13,18,21,26,32-33,35,39,46,50,52,54,57H,14-17,19,45H2,1-3H3,(H,47,51)/t21-,26?,32-,33?,35-,39+,44-/m1/s1. The minimum Gasteiger partial charge on any atom is -0.507 e. The number of aldehydes is 1. The molecule has 1 aliphatic heterocycles. The molecule has 324 valence electrons. The van der Waals surface area contributed by atoms with Crippen molar-refractivity contribution in [2.75, 3.05) is 13.7 Å². The third-order valence-corrected chi connectivity index (χ3v) is 11.7. The van der Waals surface area contributed by atoms with E-state index in [1.165, 1.54) is 42.0 Å². The topological polar surface area (TPSA) is 271 Å². The summed E-state index contributed by atoms with van der Waals surface area (Å²) in [5.41, 5.74) is 11.3. The summed E-state index contributed by atoms with van der Waals surface area (Å²) >= 11 is 0. The fraction of sp³-hybridized carbons (Fsp3) is 0.341. The zero-order valence-electron chi connectivity index (χ0n) is 33.7. The fourth-order valence-corrected chi connectivity index (χ4v) is 8.50. The first-order valence-electron chi connectivity index (χ1n) is 19.8. The minimum atomic E-state index is -2.06. The van der Waals surface area contributed by atoms with Crippen molar-refractivity contribution in [1.29, 1.82) is 0 Å². The maximum Gasteiger partial charge on any atom is 0.420 e. The second-order valence-corrected chi connectivity index (χ2v) is 15.9. The molecule has 1 amide bonds. The number of hydrogen-bond donors (Lipinski definition) is 7. The number of hydrogen-bond acceptors (Lipinski definition) is 16. The zero-order valence-corrected chi connectivity index (χ0v) is 33.7. The van der Waals surface area contributed by atoms with E-state index in [9.17, 15) is 44.4 Å². The number of hydrazine groups is 1. The summed E-state index contributed by atoms with van der Waals surface area (Å²) in [5.74, 6) is -3.42. The molecular formula is C44H44N4O14. The lowest BCUT2D eigenvalue weighted by Crippen LogP contribution is -2.60. The van der Waals surface area contributed by atoms with E-state index in [-0.39, 0.29) is 70.0 Å². The molecule has 5 aromatic rings. The fourth-order valence-electron chi connectivity index (χ4n) is 8.50. The molecule has 2 heterocycles. The lowest BCUT2D eigenvalue weighted by molar-refractivity contribution is -0.248. The van der Waals surface area contributed by atoms with E-state index in [4.69, 9.17) is 29.1 Å². The highest BCUT2D eigenvalue weighted by Crippen LogP contribution is 2.49. The monoisotopic (exact) mass is 852 g/mol. The third-order valence-electron chi connectivity index (χ3n) is 11.7. The predicted octanol–water partition coefficient (Wildman–Crippen LogP) is 1.97. The van der Waals surface area contributed by atoms with Crippen LogP contribution in [0.5, 0.6) is 23.0 Å². The van der Waals surface area contributed by atoms with Crippen molar-refractivity contribution < 1.29 is 63.0 Å². The van der Waals surface area contributed by atoms with Gasteiger partial charge in [-0.1, -0.05) is 24.3 Å². The van der Waals surface area contributed by atoms with Gasteiger partial charge in [-0.25, -0.2) is 10.2 Å². The molecule has 4 aromatic carbocycles. The number of benzene rings is 4. The van der Waals surface area contributed by atoms with Crippen molar-refractivity contribution in [1.82, 2.24) is 15.4 Å². The van der Waals surface area contributed by atoms with E-state index in [0.717, 1.165) is 5.56 Å². The first-order valence-corrected chi connectivity index (χ1v) is 19.8. The number of aliphatic hydroxyl groups is 2. The Morgan fingerprint density at radius 1 is 1.05 bits per heavy atom. The molecule has 2 unspecified atom stereocenters. The average Bonchev–Trinajstić information content (AvgIpc) is 3.53. The van der Waals surface area contributed by atoms with Crippen LogP contribution in [0.15, 0.2) is 69.9 Å². The summed E-state index contributed by atoms with van der Waals surface area (Å²) in [4.78, 5) is 66.1. The minimum absolute atomic E-state index is 0.00842. The Hall–Kier alpha value is -6.41. The number of nitrogens with zero attached hydrogens (tertiary/aromatic N) is 1. The van der Waals surface area contributed by atoms with Crippen molar-refractivity contribution in [2.45, 2.75) is 81.9 Å². The van der Waals surface area contributed by atoms with E-state index in [0.29, 0.717) is 22.9 Å². The van der Waals surface area contributed by atoms with Crippen molar-refractivity contribution in [2.24, 2.45) is 5.73 Å². The van der Waals surface area contributed by atoms with Crippen LogP contribution in [0.2, 0.25) is 0 Å². The van der Waals surface area contributed by atoms with Crippen LogP contribution in [0.25, 0.3) is 11.1 Å². The number of aliphatic hydroxyl groups excluding tert-OH is 1. The lowest BCUT2D eigenvalue weighted by Gasteiger charge is -2.44. The van der Waals surface area contributed by atoms with Crippen LogP contribution in [-0.2, 0) is 32.0 Å². The van der Waals surface area contributed by atoms with Gasteiger partial charge in [0.25, 0.3) is 5.91 Å². The van der Waals surface area contributed by atoms with Crippen LogP contribution >= 0.6 is 0 Å². The summed E-state index contributed by atoms with van der Waals surface area (Å²) in [6, 6.07) is 13.4. The molecule has 7 atom stereocenters. The number of methoxy groups -OCH3 is 1. The van der Waals surface area contributed by atoms with Gasteiger partial charge in [0.2, 0.25) is 5.78 Å². The van der Waals surface area contributed by atoms with Crippen LogP contribution in [0, 0.1) is 6.92 Å². The molecule has 18 heteroatoms. The zero-order chi connectivity index (χ0) is 44.2. The summed E-state index contributed by atoms with van der Waals surface area (Å²) in [7, 11) is 1.35. The van der Waals surface area contributed by atoms with Crippen LogP contribution in [0.4, 0.5) is 0 Å². The molecule has 8 N–H and O–H groups in total. The van der Waals surface area contributed by atoms with E-state index in [2.05, 4.69) is 10.9 Å². The summed E-state index contributed by atoms with van der Waals surface area (Å²) in [5, 5.41) is 45.3. The van der Waals surface area contributed by atoms with Gasteiger partial charge in [0.15, 0.2) is 35.8 Å². The number of phenolic OH excluding ortho intramolecular Hbond substituents is 2. The summed E-state index contributed by atoms with van der Waals surface area (Å²) < 4.78 is 29.8. The number of fused-ring (bicyclic) bond motifs is 4. The average molecular weight is 853 g/mol. The number of oxazole rings is 1. The van der Waals surface area contributed by atoms with Gasteiger partial charge in [0.05, 0.1) is 54.2 Å². The molecule has 0 spiro atoms. The van der Waals surface area contributed by atoms with Crippen LogP contribution < -0.4 is 31.8 Å². The number of carbonyl (C=O) groups is 4. The summed E-state index contributed by atoms with van der Waals surface area (Å²) in [6.07, 6.45) is -4.50. The molecule has 0 saturated carbocycles. The Bertz CT molecular complexity index is 2680. The Kier molecular flexibility index (Phi) is 11.2. The van der Waals surface area contributed by atoms with E-state index in [1.807, 2.05) is 19.1 Å². The van der Waals surface area contributed by atoms with Gasteiger partial charge in [-0.15, -0.1) is 0 Å². The Balaban J connectivity index is 1.00. The number of nitrogens with one attached hydrogen (secondary N) is 2. The number of aryl methyl sites for hydroxylation is 1. The molecule has 1 saturated heterocycles. The Morgan fingerprint density at radius 3 is 2.56 bits per heavy atom. The predicted molar refractivity (Wildman–Crippen MR) is 217 cm³/mol. The van der Waals surface area contributed by atoms with Gasteiger partial charge in [-0.2, -0.15) is 0 Å². The highest BCUT2D eigenvalue weighted by molar-refractivity contribution is 6.30. The number of phenols is 2. The Labute approximate surface area is 352 Å². The molecule has 3 aliphatic rings. The Morgan fingerprint density at radius 2 is 1.84 bits per heavy atom. The first kappa shape index (κ1) is 42.3. The van der Waals surface area contributed by atoms with Gasteiger partial charge in [-0.3, -0.25) is 24.4 Å². The van der Waals surface area contributed by atoms with Crippen LogP contribution in [-0.4, -0.2) is 98.7 Å². The molecular weight excluding hydrogens is 808 g/mol. The molecule has 1 fully saturated rings. The number of nitrogens with two attached hydrogens (primary N) is 1. The number of aromatic nitrogens is 1. The quantitative estimate of drug-likeness (QED) is 0.0685. The van der Waals surface area contributed by atoms with Gasteiger partial charge in [0.1, 0.15) is 23.8 Å². The lowest BCUT2D eigenvalue weighted by atomic mass is 9.71. The number of ether oxygens (including phenoxy) is 4. The largest absolute Gasteiger partial charge is 0.507 e. The van der Waals surface area contributed by atoms with Crippen molar-refractivity contribution >= 4 is 34.9 Å². The normalized spacial score (nSPS) is 23.5. The van der Waals surface area contributed by atoms with Crippen LogP contribution in [0.1, 0.15) is 80.0 Å². The molecule has 8 rings (SSSR count). The number of ketones is 2. The molecule has 0 bridgehead atoms. The molecule has 1 aromatic heterocycles. The summed E-state index contributed by atoms with van der Waals surface area (Å²) in [6.45, 7) is 2.92. The number of rotatable bonds is 12. The van der Waals surface area contributed by atoms with Crippen molar-refractivity contribution in [3.63, 3.8) is 0 Å². The van der Waals surface area contributed by atoms with Crippen molar-refractivity contribution in [3.05, 3.63) is 116 Å². The molecule has 18 nitrogen and oxygen atoms in total. The third kappa shape index (κ3) is 7.61. The molecule has 2 aliphatic carbocycles. The van der Waals surface area contributed by atoms with Gasteiger partial charge in [0, 0.05) is 42.0 Å². The van der Waals surface area contributed by atoms with Crippen molar-refractivity contribution in [3.8, 4) is 23.0 Å². The maximum absolute atomic E-state index is 14.0. The second kappa shape index (κ2) is 16.5. The van der Waals surface area contributed by atoms with E-state index in [1.54, 1.807) is 25.1 Å². The highest BCUT2D eigenvalue weighted by Gasteiger charge is 2.49. The van der Waals surface area contributed by atoms with Gasteiger partial charge >= 0.3 is 5.76 Å². The number of carbonyl (C=O) groups excluding carboxylic acids is 4. The van der Waals surface area contributed by atoms with Gasteiger partial charge in [-0.05, 0) is 66.9 Å². The van der Waals surface area contributed by atoms with Crippen LogP contribution in [0.3, 0.4) is 0 Å². The number of amides is 1. The highest BCUT2D eigenvalue weighted by atomic mass is 16.7. The first-order chi connectivity index (χ1) is 29.6. The van der Waals surface area contributed by atoms with Gasteiger partial charge < -0.3 is 54.3 Å².